The van der Waals surface area contributed by atoms with Crippen molar-refractivity contribution in [2.45, 2.75) is 69.6 Å². The molecule has 0 saturated heterocycles. The van der Waals surface area contributed by atoms with Crippen LogP contribution in [-0.2, 0) is 14.3 Å². The molecule has 0 saturated carbocycles. The van der Waals surface area contributed by atoms with Gasteiger partial charge in [-0.05, 0) is 88.1 Å². The van der Waals surface area contributed by atoms with Crippen LogP contribution in [0, 0.1) is 0 Å². The molecule has 16 heteroatoms. The normalized spacial score (nSPS) is 12.5. The minimum atomic E-state index is -7.17. The smallest absolute Gasteiger partial charge is 0.460 e. The third-order valence-electron chi connectivity index (χ3n) is 5.67. The third-order valence-corrected chi connectivity index (χ3v) is 5.67. The average Bonchev–Trinajstić information content (AvgIpc) is 2.93. The summed E-state index contributed by atoms with van der Waals surface area (Å²) in [6, 6.07) is 11.6. The summed E-state index contributed by atoms with van der Waals surface area (Å²) in [5, 5.41) is 0. The number of alkyl halides is 9. The topological polar surface area (TPSA) is 88.1 Å². The highest BCUT2D eigenvalue weighted by Gasteiger charge is 2.84. The highest BCUT2D eigenvalue weighted by molar-refractivity contribution is 5.92. The summed E-state index contributed by atoms with van der Waals surface area (Å²) in [5.41, 5.74) is 0.481. The van der Waals surface area contributed by atoms with Crippen molar-refractivity contribution in [3.63, 3.8) is 0 Å². The van der Waals surface area contributed by atoms with Crippen LogP contribution in [0.2, 0.25) is 0 Å². The van der Waals surface area contributed by atoms with Crippen LogP contribution >= 0.6 is 0 Å². The van der Waals surface area contributed by atoms with E-state index < -0.39 is 48.5 Å². The maximum atomic E-state index is 13.4. The quantitative estimate of drug-likeness (QED) is 0.0862. The van der Waals surface area contributed by atoms with E-state index in [1.165, 1.54) is 48.5 Å². The highest BCUT2D eigenvalue weighted by Crippen LogP contribution is 2.53. The van der Waals surface area contributed by atoms with E-state index in [2.05, 4.69) is 4.74 Å². The second-order valence-corrected chi connectivity index (χ2v) is 9.51. The summed E-state index contributed by atoms with van der Waals surface area (Å²) in [4.78, 5) is 35.4. The molecule has 0 bridgehead atoms. The fraction of sp³-hybridized carbons (Fsp3) is 0.464. The van der Waals surface area contributed by atoms with Gasteiger partial charge in [-0.15, -0.1) is 0 Å². The van der Waals surface area contributed by atoms with Gasteiger partial charge in [0, 0.05) is 0 Å². The molecule has 0 aliphatic rings. The zero-order chi connectivity index (χ0) is 33.3. The van der Waals surface area contributed by atoms with E-state index >= 15 is 0 Å². The van der Waals surface area contributed by atoms with Crippen molar-refractivity contribution < 1.29 is 72.8 Å². The molecule has 0 radical (unpaired) electrons. The second kappa shape index (κ2) is 14.7. The molecule has 0 atom stereocenters. The number of unbranched alkanes of at least 4 members (excludes halogenated alkanes) is 3. The summed E-state index contributed by atoms with van der Waals surface area (Å²) >= 11 is 0. The first-order valence-electron chi connectivity index (χ1n) is 12.9. The molecule has 0 aliphatic carbocycles. The van der Waals surface area contributed by atoms with E-state index in [0.717, 1.165) is 0 Å². The molecular formula is C28H27F9O7. The number of ether oxygens (including phenoxy) is 4. The largest absolute Gasteiger partial charge is 0.494 e. The van der Waals surface area contributed by atoms with Crippen LogP contribution in [0.1, 0.15) is 60.2 Å². The molecule has 2 aromatic rings. The molecule has 0 spiro atoms. The first kappa shape index (κ1) is 36.2. The number of rotatable bonds is 15. The van der Waals surface area contributed by atoms with Crippen LogP contribution in [0.25, 0.3) is 0 Å². The number of hydrogen-bond acceptors (Lipinski definition) is 7. The van der Waals surface area contributed by atoms with Crippen molar-refractivity contribution in [2.24, 2.45) is 0 Å². The van der Waals surface area contributed by atoms with Gasteiger partial charge >= 0.3 is 41.9 Å². The first-order valence-corrected chi connectivity index (χ1v) is 12.9. The zero-order valence-corrected chi connectivity index (χ0v) is 23.2. The molecule has 44 heavy (non-hydrogen) atoms. The van der Waals surface area contributed by atoms with Crippen molar-refractivity contribution in [1.29, 1.82) is 0 Å². The molecule has 0 heterocycles. The van der Waals surface area contributed by atoms with E-state index in [9.17, 15) is 53.9 Å². The van der Waals surface area contributed by atoms with E-state index in [1.807, 2.05) is 0 Å². The minimum Gasteiger partial charge on any atom is -0.494 e. The molecule has 0 amide bonds. The number of carbonyl (C=O) groups excluding carboxylic acids is 3. The second-order valence-electron chi connectivity index (χ2n) is 9.51. The van der Waals surface area contributed by atoms with Gasteiger partial charge in [-0.3, -0.25) is 0 Å². The molecule has 0 unspecified atom stereocenters. The van der Waals surface area contributed by atoms with Gasteiger partial charge in [0.25, 0.3) is 0 Å². The molecular weight excluding hydrogens is 619 g/mol. The van der Waals surface area contributed by atoms with Crippen molar-refractivity contribution >= 4 is 17.9 Å². The van der Waals surface area contributed by atoms with Crippen LogP contribution < -0.4 is 9.47 Å². The number of esters is 3. The van der Waals surface area contributed by atoms with E-state index in [1.54, 1.807) is 13.8 Å². The van der Waals surface area contributed by atoms with Crippen LogP contribution in [0.15, 0.2) is 48.5 Å². The Labute approximate surface area is 245 Å². The van der Waals surface area contributed by atoms with Crippen molar-refractivity contribution in [3.05, 3.63) is 59.7 Å². The molecule has 0 aromatic heterocycles. The standard InChI is InChI=1S/C28H27F9O7/c1-17(2)43-22(38)18-9-13-21(14-10-18)44-23(39)19-7-11-20(12-8-19)41-15-5-3-4-6-16-42-24(40)25(29,30)26(31,32)27(33,34)28(35,36)37/h7-14,17H,3-6,15-16H2,1-2H3. The lowest BCUT2D eigenvalue weighted by Crippen LogP contribution is -2.63. The number of hydrogen-bond donors (Lipinski definition) is 0. The number of halogens is 9. The Morgan fingerprint density at radius 1 is 0.636 bits per heavy atom. The molecule has 7 nitrogen and oxygen atoms in total. The van der Waals surface area contributed by atoms with Crippen LogP contribution in [0.5, 0.6) is 11.5 Å². The molecule has 0 aliphatic heterocycles. The SMILES string of the molecule is CC(C)OC(=O)c1ccc(OC(=O)c2ccc(OCCCCCCOC(=O)C(F)(F)C(F)(F)C(F)(F)C(F)(F)F)cc2)cc1. The fourth-order valence-electron chi connectivity index (χ4n) is 3.30. The van der Waals surface area contributed by atoms with Gasteiger partial charge < -0.3 is 18.9 Å². The maximum absolute atomic E-state index is 13.4. The summed E-state index contributed by atoms with van der Waals surface area (Å²) in [5.74, 6) is -24.5. The summed E-state index contributed by atoms with van der Waals surface area (Å²) in [7, 11) is 0. The van der Waals surface area contributed by atoms with Crippen LogP contribution in [-0.4, -0.2) is 61.2 Å². The Morgan fingerprint density at radius 3 is 1.61 bits per heavy atom. The van der Waals surface area contributed by atoms with Crippen molar-refractivity contribution in [2.75, 3.05) is 13.2 Å². The Bertz CT molecular complexity index is 1260. The lowest BCUT2D eigenvalue weighted by Gasteiger charge is -2.32. The summed E-state index contributed by atoms with van der Waals surface area (Å²) in [6.45, 7) is 2.64. The number of benzene rings is 2. The van der Waals surface area contributed by atoms with E-state index in [0.29, 0.717) is 18.6 Å². The minimum absolute atomic E-state index is 0.145. The molecule has 0 N–H and O–H groups in total. The summed E-state index contributed by atoms with van der Waals surface area (Å²) < 4.78 is 135. The number of carbonyl (C=O) groups is 3. The Hall–Kier alpha value is -3.98. The van der Waals surface area contributed by atoms with E-state index in [4.69, 9.17) is 14.2 Å². The van der Waals surface area contributed by atoms with Crippen LogP contribution in [0.3, 0.4) is 0 Å². The molecule has 2 rings (SSSR count). The molecule has 0 fully saturated rings. The van der Waals surface area contributed by atoms with Crippen LogP contribution in [0.4, 0.5) is 39.5 Å². The van der Waals surface area contributed by atoms with Gasteiger partial charge in [0.05, 0.1) is 30.4 Å². The first-order chi connectivity index (χ1) is 20.3. The lowest BCUT2D eigenvalue weighted by atomic mass is 10.0. The van der Waals surface area contributed by atoms with E-state index in [-0.39, 0.29) is 42.4 Å². The van der Waals surface area contributed by atoms with Gasteiger partial charge in [-0.2, -0.15) is 39.5 Å². The van der Waals surface area contributed by atoms with Gasteiger partial charge in [-0.1, -0.05) is 0 Å². The van der Waals surface area contributed by atoms with Gasteiger partial charge in [0.2, 0.25) is 0 Å². The van der Waals surface area contributed by atoms with Crippen molar-refractivity contribution in [1.82, 2.24) is 0 Å². The zero-order valence-electron chi connectivity index (χ0n) is 23.2. The molecule has 244 valence electrons. The third kappa shape index (κ3) is 9.02. The Morgan fingerprint density at radius 2 is 1.11 bits per heavy atom. The Kier molecular flexibility index (Phi) is 12.1. The van der Waals surface area contributed by atoms with Gasteiger partial charge in [0.1, 0.15) is 11.5 Å². The maximum Gasteiger partial charge on any atom is 0.460 e. The van der Waals surface area contributed by atoms with Gasteiger partial charge in [0.15, 0.2) is 0 Å². The fourth-order valence-corrected chi connectivity index (χ4v) is 3.30. The summed E-state index contributed by atoms with van der Waals surface area (Å²) in [6.07, 6.45) is -6.58. The van der Waals surface area contributed by atoms with Crippen molar-refractivity contribution in [3.8, 4) is 11.5 Å². The monoisotopic (exact) mass is 646 g/mol. The average molecular weight is 646 g/mol. The molecule has 2 aromatic carbocycles. The van der Waals surface area contributed by atoms with Gasteiger partial charge in [-0.25, -0.2) is 14.4 Å². The predicted octanol–water partition coefficient (Wildman–Crippen LogP) is 7.42. The predicted molar refractivity (Wildman–Crippen MR) is 134 cm³/mol. The highest BCUT2D eigenvalue weighted by atomic mass is 19.4. The Balaban J connectivity index is 1.70. The lowest BCUT2D eigenvalue weighted by molar-refractivity contribution is -0.390.